The largest absolute Gasteiger partial charge is 0.390 e. The fraction of sp³-hybridized carbons (Fsp3) is 0.857. The molecule has 2 aliphatic rings. The average molecular weight is 272 g/mol. The molecular formula is C14H24O5. The zero-order valence-electron chi connectivity index (χ0n) is 12.1. The van der Waals surface area contributed by atoms with Gasteiger partial charge in [-0.1, -0.05) is 6.08 Å². The Hall–Kier alpha value is -0.460. The van der Waals surface area contributed by atoms with Gasteiger partial charge in [0, 0.05) is 0 Å². The molecule has 0 aromatic heterocycles. The molecule has 0 aromatic carbocycles. The Bertz CT molecular complexity index is 339. The SMILES string of the molecule is C=CC[C@@H](O)[C@H]1OC(C)(C)O[C@@H]1[C@H]1COC(C)(C)O1. The number of hydrogen-bond acceptors (Lipinski definition) is 5. The van der Waals surface area contributed by atoms with Gasteiger partial charge in [0.2, 0.25) is 0 Å². The predicted octanol–water partition coefficient (Wildman–Crippen LogP) is 1.59. The van der Waals surface area contributed by atoms with Gasteiger partial charge >= 0.3 is 0 Å². The van der Waals surface area contributed by atoms with Crippen LogP contribution in [0.25, 0.3) is 0 Å². The lowest BCUT2D eigenvalue weighted by atomic mass is 10.0. The smallest absolute Gasteiger partial charge is 0.164 e. The zero-order chi connectivity index (χ0) is 14.3. The summed E-state index contributed by atoms with van der Waals surface area (Å²) in [5.41, 5.74) is 0. The van der Waals surface area contributed by atoms with E-state index in [0.717, 1.165) is 0 Å². The molecule has 0 aliphatic carbocycles. The molecule has 0 saturated carbocycles. The highest BCUT2D eigenvalue weighted by Gasteiger charge is 2.51. The molecule has 2 saturated heterocycles. The third-order valence-electron chi connectivity index (χ3n) is 3.35. The van der Waals surface area contributed by atoms with Gasteiger partial charge in [-0.25, -0.2) is 0 Å². The summed E-state index contributed by atoms with van der Waals surface area (Å²) in [5.74, 6) is -1.34. The lowest BCUT2D eigenvalue weighted by Gasteiger charge is -2.25. The minimum Gasteiger partial charge on any atom is -0.390 e. The van der Waals surface area contributed by atoms with Gasteiger partial charge in [-0.15, -0.1) is 6.58 Å². The van der Waals surface area contributed by atoms with Crippen molar-refractivity contribution < 1.29 is 24.1 Å². The van der Waals surface area contributed by atoms with Crippen LogP contribution in [0, 0.1) is 0 Å². The van der Waals surface area contributed by atoms with E-state index < -0.39 is 23.8 Å². The molecular weight excluding hydrogens is 248 g/mol. The van der Waals surface area contributed by atoms with Crippen molar-refractivity contribution >= 4 is 0 Å². The number of aliphatic hydroxyl groups is 1. The van der Waals surface area contributed by atoms with Gasteiger partial charge in [0.1, 0.15) is 18.3 Å². The third kappa shape index (κ3) is 3.35. The highest BCUT2D eigenvalue weighted by Crippen LogP contribution is 2.37. The summed E-state index contributed by atoms with van der Waals surface area (Å²) in [7, 11) is 0. The molecule has 5 nitrogen and oxygen atoms in total. The van der Waals surface area contributed by atoms with E-state index in [1.165, 1.54) is 0 Å². The predicted molar refractivity (Wildman–Crippen MR) is 69.5 cm³/mol. The molecule has 1 N–H and O–H groups in total. The summed E-state index contributed by atoms with van der Waals surface area (Å²) < 4.78 is 23.1. The lowest BCUT2D eigenvalue weighted by molar-refractivity contribution is -0.175. The van der Waals surface area contributed by atoms with Crippen molar-refractivity contribution in [1.82, 2.24) is 0 Å². The molecule has 2 rings (SSSR count). The van der Waals surface area contributed by atoms with Crippen LogP contribution in [0.5, 0.6) is 0 Å². The molecule has 0 aromatic rings. The summed E-state index contributed by atoms with van der Waals surface area (Å²) in [6.45, 7) is 11.5. The molecule has 2 aliphatic heterocycles. The van der Waals surface area contributed by atoms with E-state index >= 15 is 0 Å². The molecule has 0 amide bonds. The van der Waals surface area contributed by atoms with Gasteiger partial charge < -0.3 is 24.1 Å². The van der Waals surface area contributed by atoms with Crippen LogP contribution in [0.2, 0.25) is 0 Å². The molecule has 2 fully saturated rings. The first-order valence-corrected chi connectivity index (χ1v) is 6.70. The Balaban J connectivity index is 2.10. The van der Waals surface area contributed by atoms with Crippen LogP contribution < -0.4 is 0 Å². The first-order valence-electron chi connectivity index (χ1n) is 6.70. The Morgan fingerprint density at radius 1 is 1.21 bits per heavy atom. The second kappa shape index (κ2) is 5.14. The fourth-order valence-electron chi connectivity index (χ4n) is 2.58. The minimum atomic E-state index is -0.729. The van der Waals surface area contributed by atoms with Gasteiger partial charge in [-0.3, -0.25) is 0 Å². The van der Waals surface area contributed by atoms with Crippen molar-refractivity contribution in [2.24, 2.45) is 0 Å². The van der Waals surface area contributed by atoms with Crippen LogP contribution in [0.4, 0.5) is 0 Å². The van der Waals surface area contributed by atoms with Crippen LogP contribution >= 0.6 is 0 Å². The minimum absolute atomic E-state index is 0.235. The Kier molecular flexibility index (Phi) is 4.05. The van der Waals surface area contributed by atoms with E-state index in [1.54, 1.807) is 6.08 Å². The average Bonchev–Trinajstić information content (AvgIpc) is 2.78. The first kappa shape index (κ1) is 14.9. The van der Waals surface area contributed by atoms with Gasteiger partial charge in [0.15, 0.2) is 11.6 Å². The quantitative estimate of drug-likeness (QED) is 0.788. The molecule has 19 heavy (non-hydrogen) atoms. The van der Waals surface area contributed by atoms with Crippen molar-refractivity contribution in [3.05, 3.63) is 12.7 Å². The van der Waals surface area contributed by atoms with Crippen molar-refractivity contribution in [3.8, 4) is 0 Å². The highest BCUT2D eigenvalue weighted by atomic mass is 16.8. The van der Waals surface area contributed by atoms with Gasteiger partial charge in [-0.2, -0.15) is 0 Å². The highest BCUT2D eigenvalue weighted by molar-refractivity contribution is 4.95. The third-order valence-corrected chi connectivity index (χ3v) is 3.35. The first-order chi connectivity index (χ1) is 8.74. The number of ether oxygens (including phenoxy) is 4. The number of aliphatic hydroxyl groups excluding tert-OH is 1. The lowest BCUT2D eigenvalue weighted by Crippen LogP contribution is -2.43. The normalized spacial score (nSPS) is 38.3. The van der Waals surface area contributed by atoms with Gasteiger partial charge in [0.05, 0.1) is 12.7 Å². The molecule has 0 radical (unpaired) electrons. The summed E-state index contributed by atoms with van der Waals surface area (Å²) in [4.78, 5) is 0. The van der Waals surface area contributed by atoms with E-state index in [4.69, 9.17) is 18.9 Å². The summed E-state index contributed by atoms with van der Waals surface area (Å²) in [6, 6.07) is 0. The van der Waals surface area contributed by atoms with E-state index in [0.29, 0.717) is 13.0 Å². The number of rotatable bonds is 4. The Labute approximate surface area is 114 Å². The van der Waals surface area contributed by atoms with E-state index in [1.807, 2.05) is 27.7 Å². The Morgan fingerprint density at radius 2 is 1.89 bits per heavy atom. The van der Waals surface area contributed by atoms with Crippen LogP contribution in [0.3, 0.4) is 0 Å². The van der Waals surface area contributed by atoms with E-state index in [9.17, 15) is 5.11 Å². The second-order valence-corrected chi connectivity index (χ2v) is 6.02. The maximum absolute atomic E-state index is 10.2. The van der Waals surface area contributed by atoms with Gasteiger partial charge in [-0.05, 0) is 34.1 Å². The molecule has 2 heterocycles. The van der Waals surface area contributed by atoms with Gasteiger partial charge in [0.25, 0.3) is 0 Å². The van der Waals surface area contributed by atoms with Crippen molar-refractivity contribution in [2.45, 2.75) is 70.1 Å². The van der Waals surface area contributed by atoms with Crippen LogP contribution in [0.1, 0.15) is 34.1 Å². The number of hydrogen-bond donors (Lipinski definition) is 1. The van der Waals surface area contributed by atoms with Crippen molar-refractivity contribution in [1.29, 1.82) is 0 Å². The molecule has 0 spiro atoms. The maximum atomic E-state index is 10.2. The molecule has 5 heteroatoms. The standard InChI is InChI=1S/C14H24O5/c1-6-7-9(15)11-12(19-14(4,5)18-11)10-8-16-13(2,3)17-10/h6,9-12,15H,1,7-8H2,2-5H3/t9-,10-,11-,12-/m1/s1. The van der Waals surface area contributed by atoms with Crippen LogP contribution in [0.15, 0.2) is 12.7 Å². The summed E-state index contributed by atoms with van der Waals surface area (Å²) >= 11 is 0. The maximum Gasteiger partial charge on any atom is 0.164 e. The van der Waals surface area contributed by atoms with Crippen LogP contribution in [-0.2, 0) is 18.9 Å². The molecule has 4 atom stereocenters. The van der Waals surface area contributed by atoms with E-state index in [-0.39, 0.29) is 12.2 Å². The topological polar surface area (TPSA) is 57.2 Å². The Morgan fingerprint density at radius 3 is 2.42 bits per heavy atom. The summed E-state index contributed by atoms with van der Waals surface area (Å²) in [5, 5.41) is 10.2. The zero-order valence-corrected chi connectivity index (χ0v) is 12.1. The summed E-state index contributed by atoms with van der Waals surface area (Å²) in [6.07, 6.45) is 0.462. The van der Waals surface area contributed by atoms with Crippen LogP contribution in [-0.4, -0.2) is 47.7 Å². The molecule has 0 bridgehead atoms. The van der Waals surface area contributed by atoms with E-state index in [2.05, 4.69) is 6.58 Å². The molecule has 0 unspecified atom stereocenters. The van der Waals surface area contributed by atoms with Crippen molar-refractivity contribution in [3.63, 3.8) is 0 Å². The fourth-order valence-corrected chi connectivity index (χ4v) is 2.58. The molecule has 110 valence electrons. The monoisotopic (exact) mass is 272 g/mol. The van der Waals surface area contributed by atoms with Crippen molar-refractivity contribution in [2.75, 3.05) is 6.61 Å². The second-order valence-electron chi connectivity index (χ2n) is 6.02.